The Labute approximate surface area is 80.7 Å². The molecule has 0 bridgehead atoms. The average molecular weight is 184 g/mol. The van der Waals surface area contributed by atoms with Gasteiger partial charge in [0.2, 0.25) is 0 Å². The lowest BCUT2D eigenvalue weighted by atomic mass is 10.1. The molecule has 0 saturated carbocycles. The van der Waals surface area contributed by atoms with E-state index in [9.17, 15) is 4.79 Å². The van der Waals surface area contributed by atoms with E-state index in [0.717, 1.165) is 13.1 Å². The van der Waals surface area contributed by atoms with Crippen molar-refractivity contribution in [1.82, 2.24) is 9.80 Å². The molecule has 0 aromatic rings. The van der Waals surface area contributed by atoms with E-state index in [0.29, 0.717) is 18.5 Å². The van der Waals surface area contributed by atoms with Crippen LogP contribution in [0.2, 0.25) is 0 Å². The zero-order valence-corrected chi connectivity index (χ0v) is 9.08. The SMILES string of the molecule is CC(=O)CN1CC(C)C(N(C)C)C1. The van der Waals surface area contributed by atoms with Gasteiger partial charge in [0.1, 0.15) is 5.78 Å². The van der Waals surface area contributed by atoms with Crippen molar-refractivity contribution in [2.75, 3.05) is 33.7 Å². The third kappa shape index (κ3) is 2.78. The van der Waals surface area contributed by atoms with E-state index in [-0.39, 0.29) is 5.78 Å². The number of hydrogen-bond acceptors (Lipinski definition) is 3. The number of Topliss-reactive ketones (excluding diaryl/α,β-unsaturated/α-hetero) is 1. The molecule has 0 spiro atoms. The maximum Gasteiger partial charge on any atom is 0.143 e. The minimum absolute atomic E-state index is 0.270. The molecule has 1 aliphatic rings. The fourth-order valence-electron chi connectivity index (χ4n) is 2.16. The largest absolute Gasteiger partial charge is 0.305 e. The van der Waals surface area contributed by atoms with Crippen molar-refractivity contribution in [2.24, 2.45) is 5.92 Å². The third-order valence-electron chi connectivity index (χ3n) is 2.76. The standard InChI is InChI=1S/C10H20N2O/c1-8-5-12(6-9(2)13)7-10(8)11(3)4/h8,10H,5-7H2,1-4H3. The molecule has 1 saturated heterocycles. The zero-order chi connectivity index (χ0) is 10.0. The Kier molecular flexibility index (Phi) is 3.45. The highest BCUT2D eigenvalue weighted by atomic mass is 16.1. The number of likely N-dealkylation sites (N-methyl/N-ethyl adjacent to an activating group) is 1. The van der Waals surface area contributed by atoms with Gasteiger partial charge in [0.25, 0.3) is 0 Å². The van der Waals surface area contributed by atoms with Gasteiger partial charge in [-0.25, -0.2) is 0 Å². The summed E-state index contributed by atoms with van der Waals surface area (Å²) in [4.78, 5) is 15.4. The Morgan fingerprint density at radius 1 is 1.46 bits per heavy atom. The summed E-state index contributed by atoms with van der Waals surface area (Å²) in [6, 6.07) is 0.611. The molecule has 2 unspecified atom stereocenters. The second kappa shape index (κ2) is 4.20. The number of nitrogens with zero attached hydrogens (tertiary/aromatic N) is 2. The van der Waals surface area contributed by atoms with Crippen LogP contribution in [0.25, 0.3) is 0 Å². The minimum atomic E-state index is 0.270. The Morgan fingerprint density at radius 2 is 2.08 bits per heavy atom. The highest BCUT2D eigenvalue weighted by Gasteiger charge is 2.30. The maximum atomic E-state index is 10.9. The highest BCUT2D eigenvalue weighted by Crippen LogP contribution is 2.19. The number of rotatable bonds is 3. The Bertz CT molecular complexity index is 191. The van der Waals surface area contributed by atoms with E-state index in [1.54, 1.807) is 6.92 Å². The minimum Gasteiger partial charge on any atom is -0.305 e. The van der Waals surface area contributed by atoms with Crippen LogP contribution in [-0.4, -0.2) is 55.4 Å². The molecule has 1 rings (SSSR count). The summed E-state index contributed by atoms with van der Waals surface area (Å²) in [5.74, 6) is 0.945. The van der Waals surface area contributed by atoms with Crippen LogP contribution in [0.15, 0.2) is 0 Å². The van der Waals surface area contributed by atoms with Gasteiger partial charge < -0.3 is 4.90 Å². The first-order valence-electron chi connectivity index (χ1n) is 4.89. The van der Waals surface area contributed by atoms with E-state index < -0.39 is 0 Å². The molecular formula is C10H20N2O. The Hall–Kier alpha value is -0.410. The molecule has 1 aliphatic heterocycles. The zero-order valence-electron chi connectivity index (χ0n) is 9.08. The van der Waals surface area contributed by atoms with E-state index in [2.05, 4.69) is 30.8 Å². The normalized spacial score (nSPS) is 29.9. The topological polar surface area (TPSA) is 23.6 Å². The summed E-state index contributed by atoms with van der Waals surface area (Å²) in [6.45, 7) is 6.63. The molecule has 13 heavy (non-hydrogen) atoms. The fourth-order valence-corrected chi connectivity index (χ4v) is 2.16. The summed E-state index contributed by atoms with van der Waals surface area (Å²) >= 11 is 0. The molecule has 1 fully saturated rings. The van der Waals surface area contributed by atoms with Crippen molar-refractivity contribution in [3.8, 4) is 0 Å². The molecule has 0 N–H and O–H groups in total. The molecule has 3 nitrogen and oxygen atoms in total. The van der Waals surface area contributed by atoms with Gasteiger partial charge in [-0.15, -0.1) is 0 Å². The highest BCUT2D eigenvalue weighted by molar-refractivity contribution is 5.77. The summed E-state index contributed by atoms with van der Waals surface area (Å²) in [5, 5.41) is 0. The predicted molar refractivity (Wildman–Crippen MR) is 53.8 cm³/mol. The quantitative estimate of drug-likeness (QED) is 0.636. The number of carbonyl (C=O) groups is 1. The smallest absolute Gasteiger partial charge is 0.143 e. The van der Waals surface area contributed by atoms with Gasteiger partial charge in [0.05, 0.1) is 6.54 Å². The van der Waals surface area contributed by atoms with E-state index in [1.807, 2.05) is 0 Å². The second-order valence-electron chi connectivity index (χ2n) is 4.40. The maximum absolute atomic E-state index is 10.9. The molecule has 2 atom stereocenters. The number of likely N-dealkylation sites (tertiary alicyclic amines) is 1. The predicted octanol–water partition coefficient (Wildman–Crippen LogP) is 0.457. The lowest BCUT2D eigenvalue weighted by molar-refractivity contribution is -0.117. The first kappa shape index (κ1) is 10.7. The molecule has 3 heteroatoms. The van der Waals surface area contributed by atoms with Gasteiger partial charge in [0.15, 0.2) is 0 Å². The number of hydrogen-bond donors (Lipinski definition) is 0. The van der Waals surface area contributed by atoms with Crippen LogP contribution < -0.4 is 0 Å². The van der Waals surface area contributed by atoms with Crippen LogP contribution in [0, 0.1) is 5.92 Å². The van der Waals surface area contributed by atoms with Crippen molar-refractivity contribution < 1.29 is 4.79 Å². The fraction of sp³-hybridized carbons (Fsp3) is 0.900. The second-order valence-corrected chi connectivity index (χ2v) is 4.40. The van der Waals surface area contributed by atoms with E-state index in [4.69, 9.17) is 0 Å². The van der Waals surface area contributed by atoms with Gasteiger partial charge in [-0.3, -0.25) is 9.69 Å². The van der Waals surface area contributed by atoms with Gasteiger partial charge in [-0.05, 0) is 26.9 Å². The summed E-state index contributed by atoms with van der Waals surface area (Å²) in [6.07, 6.45) is 0. The Morgan fingerprint density at radius 3 is 2.46 bits per heavy atom. The molecule has 0 aromatic heterocycles. The molecule has 1 heterocycles. The van der Waals surface area contributed by atoms with Crippen molar-refractivity contribution >= 4 is 5.78 Å². The number of carbonyl (C=O) groups excluding carboxylic acids is 1. The summed E-state index contributed by atoms with van der Waals surface area (Å²) in [5.41, 5.74) is 0. The van der Waals surface area contributed by atoms with Crippen LogP contribution >= 0.6 is 0 Å². The monoisotopic (exact) mass is 184 g/mol. The molecule has 0 amide bonds. The Balaban J connectivity index is 2.45. The van der Waals surface area contributed by atoms with Crippen LogP contribution in [0.4, 0.5) is 0 Å². The van der Waals surface area contributed by atoms with Gasteiger partial charge >= 0.3 is 0 Å². The van der Waals surface area contributed by atoms with Gasteiger partial charge in [-0.2, -0.15) is 0 Å². The van der Waals surface area contributed by atoms with E-state index in [1.165, 1.54) is 0 Å². The molecule has 0 aliphatic carbocycles. The number of ketones is 1. The van der Waals surface area contributed by atoms with Crippen molar-refractivity contribution in [2.45, 2.75) is 19.9 Å². The first-order valence-corrected chi connectivity index (χ1v) is 4.89. The van der Waals surface area contributed by atoms with Crippen molar-refractivity contribution in [1.29, 1.82) is 0 Å². The van der Waals surface area contributed by atoms with Crippen LogP contribution in [0.5, 0.6) is 0 Å². The van der Waals surface area contributed by atoms with Gasteiger partial charge in [-0.1, -0.05) is 6.92 Å². The van der Waals surface area contributed by atoms with Gasteiger partial charge in [0, 0.05) is 19.1 Å². The van der Waals surface area contributed by atoms with Crippen LogP contribution in [0.1, 0.15) is 13.8 Å². The van der Waals surface area contributed by atoms with Crippen LogP contribution in [-0.2, 0) is 4.79 Å². The first-order chi connectivity index (χ1) is 6.00. The molecular weight excluding hydrogens is 164 g/mol. The summed E-state index contributed by atoms with van der Waals surface area (Å²) in [7, 11) is 4.22. The molecule has 0 radical (unpaired) electrons. The molecule has 0 aromatic carbocycles. The average Bonchev–Trinajstić information content (AvgIpc) is 2.29. The summed E-state index contributed by atoms with van der Waals surface area (Å²) < 4.78 is 0. The lowest BCUT2D eigenvalue weighted by Gasteiger charge is -2.22. The van der Waals surface area contributed by atoms with Crippen molar-refractivity contribution in [3.63, 3.8) is 0 Å². The molecule has 76 valence electrons. The van der Waals surface area contributed by atoms with E-state index >= 15 is 0 Å². The lowest BCUT2D eigenvalue weighted by Crippen LogP contribution is -2.35. The third-order valence-corrected chi connectivity index (χ3v) is 2.76. The van der Waals surface area contributed by atoms with Crippen molar-refractivity contribution in [3.05, 3.63) is 0 Å². The van der Waals surface area contributed by atoms with Crippen LogP contribution in [0.3, 0.4) is 0 Å².